The van der Waals surface area contributed by atoms with Crippen LogP contribution in [0.25, 0.3) is 10.9 Å². The van der Waals surface area contributed by atoms with Gasteiger partial charge in [0.15, 0.2) is 5.13 Å². The van der Waals surface area contributed by atoms with Crippen molar-refractivity contribution in [1.29, 1.82) is 0 Å². The van der Waals surface area contributed by atoms with E-state index in [2.05, 4.69) is 14.6 Å². The van der Waals surface area contributed by atoms with E-state index in [-0.39, 0.29) is 23.4 Å². The molecule has 2 aromatic carbocycles. The van der Waals surface area contributed by atoms with Crippen LogP contribution in [0.1, 0.15) is 6.92 Å². The lowest BCUT2D eigenvalue weighted by Crippen LogP contribution is -2.54. The third-order valence-electron chi connectivity index (χ3n) is 6.40. The summed E-state index contributed by atoms with van der Waals surface area (Å²) in [6, 6.07) is 14.6. The Labute approximate surface area is 214 Å². The van der Waals surface area contributed by atoms with Crippen LogP contribution < -0.4 is 14.4 Å². The number of aromatic nitrogens is 2. The average Bonchev–Trinajstić information content (AvgIpc) is 3.53. The maximum absolute atomic E-state index is 13.2. The van der Waals surface area contributed by atoms with Gasteiger partial charge >= 0.3 is 0 Å². The fraction of sp³-hybridized carbons (Fsp3) is 0.280. The lowest BCUT2D eigenvalue weighted by Gasteiger charge is -2.41. The predicted molar refractivity (Wildman–Crippen MR) is 141 cm³/mol. The first-order valence-corrected chi connectivity index (χ1v) is 13.9. The highest BCUT2D eigenvalue weighted by Gasteiger charge is 2.28. The number of fused-ring (bicyclic) bond motifs is 1. The number of piperazine rings is 1. The average molecular weight is 526 g/mol. The topological polar surface area (TPSA) is 96.8 Å². The predicted octanol–water partition coefficient (Wildman–Crippen LogP) is 3.64. The van der Waals surface area contributed by atoms with Gasteiger partial charge in [-0.15, -0.1) is 11.3 Å². The maximum atomic E-state index is 13.2. The molecule has 11 heteroatoms. The molecule has 0 bridgehead atoms. The molecule has 4 aromatic rings. The van der Waals surface area contributed by atoms with E-state index >= 15 is 0 Å². The first-order chi connectivity index (χ1) is 17.3. The van der Waals surface area contributed by atoms with Gasteiger partial charge in [-0.05, 0) is 55.5 Å². The van der Waals surface area contributed by atoms with Crippen LogP contribution in [0.15, 0.2) is 71.2 Å². The Morgan fingerprint density at radius 1 is 1.17 bits per heavy atom. The molecular formula is C25H27N5O4S2. The number of hydrogen-bond acceptors (Lipinski definition) is 7. The van der Waals surface area contributed by atoms with Crippen molar-refractivity contribution in [3.8, 4) is 5.75 Å². The van der Waals surface area contributed by atoms with Gasteiger partial charge in [0.1, 0.15) is 12.3 Å². The summed E-state index contributed by atoms with van der Waals surface area (Å²) in [5.41, 5.74) is 1.92. The maximum Gasteiger partial charge on any atom is 0.263 e. The number of amides is 1. The standard InChI is InChI=1S/C25H27N5O4S2/c1-18-16-28(20-3-6-22(7-4-20)36(32,33)27-25-26-10-14-35-25)12-13-30(18)24(31)17-29-11-9-19-15-21(34-2)5-8-23(19)29/h3-11,14-15,18H,12-13,16-17H2,1-2H3,(H,26,27). The second-order valence-corrected chi connectivity index (χ2v) is 11.3. The minimum Gasteiger partial charge on any atom is -0.497 e. The van der Waals surface area contributed by atoms with Gasteiger partial charge in [-0.25, -0.2) is 13.4 Å². The first kappa shape index (κ1) is 24.1. The zero-order valence-corrected chi connectivity index (χ0v) is 21.6. The van der Waals surface area contributed by atoms with Gasteiger partial charge in [-0.2, -0.15) is 0 Å². The summed E-state index contributed by atoms with van der Waals surface area (Å²) < 4.78 is 34.9. The van der Waals surface area contributed by atoms with Gasteiger partial charge in [-0.1, -0.05) is 0 Å². The molecule has 1 fully saturated rings. The summed E-state index contributed by atoms with van der Waals surface area (Å²) in [5.74, 6) is 0.864. The van der Waals surface area contributed by atoms with Crippen LogP contribution in [-0.4, -0.2) is 61.6 Å². The SMILES string of the molecule is COc1ccc2c(ccn2CC(=O)N2CCN(c3ccc(S(=O)(=O)Nc4nccs4)cc3)CC2C)c1. The second-order valence-electron chi connectivity index (χ2n) is 8.69. The molecule has 36 heavy (non-hydrogen) atoms. The summed E-state index contributed by atoms with van der Waals surface area (Å²) in [6.07, 6.45) is 3.48. The van der Waals surface area contributed by atoms with Crippen LogP contribution >= 0.6 is 11.3 Å². The summed E-state index contributed by atoms with van der Waals surface area (Å²) in [4.78, 5) is 21.4. The third kappa shape index (κ3) is 4.89. The van der Waals surface area contributed by atoms with Crippen molar-refractivity contribution in [2.24, 2.45) is 0 Å². The van der Waals surface area contributed by atoms with Gasteiger partial charge < -0.3 is 19.1 Å². The number of sulfonamides is 1. The van der Waals surface area contributed by atoms with Crippen molar-refractivity contribution >= 4 is 49.0 Å². The molecule has 1 unspecified atom stereocenters. The largest absolute Gasteiger partial charge is 0.497 e. The fourth-order valence-electron chi connectivity index (χ4n) is 4.53. The molecule has 1 atom stereocenters. The number of carbonyl (C=O) groups excluding carboxylic acids is 1. The van der Waals surface area contributed by atoms with Crippen molar-refractivity contribution in [2.75, 3.05) is 36.4 Å². The second kappa shape index (κ2) is 9.82. The third-order valence-corrected chi connectivity index (χ3v) is 8.57. The van der Waals surface area contributed by atoms with Crippen LogP contribution in [0.2, 0.25) is 0 Å². The molecule has 3 heterocycles. The van der Waals surface area contributed by atoms with Gasteiger partial charge in [0.2, 0.25) is 5.91 Å². The number of methoxy groups -OCH3 is 1. The molecule has 1 aliphatic heterocycles. The molecule has 2 aromatic heterocycles. The quantitative estimate of drug-likeness (QED) is 0.396. The van der Waals surface area contributed by atoms with E-state index in [0.29, 0.717) is 24.8 Å². The number of thiazole rings is 1. The molecule has 1 amide bonds. The van der Waals surface area contributed by atoms with Crippen LogP contribution in [0.5, 0.6) is 5.75 Å². The Kier molecular flexibility index (Phi) is 6.59. The Hall–Kier alpha value is -3.57. The number of carbonyl (C=O) groups is 1. The van der Waals surface area contributed by atoms with E-state index in [4.69, 9.17) is 4.74 Å². The van der Waals surface area contributed by atoms with E-state index < -0.39 is 10.0 Å². The molecule has 5 rings (SSSR count). The highest BCUT2D eigenvalue weighted by molar-refractivity contribution is 7.93. The molecule has 9 nitrogen and oxygen atoms in total. The molecule has 0 spiro atoms. The Morgan fingerprint density at radius 2 is 1.97 bits per heavy atom. The molecule has 1 saturated heterocycles. The number of anilines is 2. The monoisotopic (exact) mass is 525 g/mol. The van der Waals surface area contributed by atoms with E-state index in [0.717, 1.165) is 22.3 Å². The van der Waals surface area contributed by atoms with Crippen molar-refractivity contribution in [2.45, 2.75) is 24.4 Å². The lowest BCUT2D eigenvalue weighted by atomic mass is 10.1. The van der Waals surface area contributed by atoms with Gasteiger partial charge in [0.25, 0.3) is 10.0 Å². The van der Waals surface area contributed by atoms with Gasteiger partial charge in [0, 0.05) is 60.0 Å². The van der Waals surface area contributed by atoms with Crippen LogP contribution in [-0.2, 0) is 21.4 Å². The Bertz CT molecular complexity index is 1470. The van der Waals surface area contributed by atoms with Crippen LogP contribution in [0.3, 0.4) is 0 Å². The molecule has 1 aliphatic rings. The highest BCUT2D eigenvalue weighted by atomic mass is 32.2. The van der Waals surface area contributed by atoms with Crippen molar-refractivity contribution in [3.63, 3.8) is 0 Å². The molecule has 0 aliphatic carbocycles. The van der Waals surface area contributed by atoms with Crippen molar-refractivity contribution in [1.82, 2.24) is 14.5 Å². The van der Waals surface area contributed by atoms with E-state index in [9.17, 15) is 13.2 Å². The zero-order chi connectivity index (χ0) is 25.3. The Morgan fingerprint density at radius 3 is 2.67 bits per heavy atom. The van der Waals surface area contributed by atoms with Gasteiger partial charge in [0.05, 0.1) is 12.0 Å². The Balaban J connectivity index is 1.22. The summed E-state index contributed by atoms with van der Waals surface area (Å²) in [7, 11) is -2.05. The lowest BCUT2D eigenvalue weighted by molar-refractivity contribution is -0.134. The van der Waals surface area contributed by atoms with Crippen LogP contribution in [0, 0.1) is 0 Å². The van der Waals surface area contributed by atoms with Gasteiger partial charge in [-0.3, -0.25) is 9.52 Å². The number of nitrogens with one attached hydrogen (secondary N) is 1. The molecular weight excluding hydrogens is 498 g/mol. The number of nitrogens with zero attached hydrogens (tertiary/aromatic N) is 4. The minimum atomic E-state index is -3.69. The highest BCUT2D eigenvalue weighted by Crippen LogP contribution is 2.25. The van der Waals surface area contributed by atoms with Crippen molar-refractivity contribution in [3.05, 3.63) is 66.3 Å². The number of benzene rings is 2. The molecule has 188 valence electrons. The summed E-state index contributed by atoms with van der Waals surface area (Å²) in [6.45, 7) is 4.25. The van der Waals surface area contributed by atoms with E-state index in [1.54, 1.807) is 43.0 Å². The summed E-state index contributed by atoms with van der Waals surface area (Å²) in [5, 5.41) is 3.08. The molecule has 0 radical (unpaired) electrons. The summed E-state index contributed by atoms with van der Waals surface area (Å²) >= 11 is 1.23. The minimum absolute atomic E-state index is 0.0168. The first-order valence-electron chi connectivity index (χ1n) is 11.5. The van der Waals surface area contributed by atoms with Crippen molar-refractivity contribution < 1.29 is 17.9 Å². The van der Waals surface area contributed by atoms with E-state index in [1.165, 1.54) is 11.3 Å². The zero-order valence-electron chi connectivity index (χ0n) is 20.0. The van der Waals surface area contributed by atoms with Crippen LogP contribution in [0.4, 0.5) is 10.8 Å². The smallest absolute Gasteiger partial charge is 0.263 e. The number of hydrogen-bond donors (Lipinski definition) is 1. The molecule has 1 N–H and O–H groups in total. The molecule has 0 saturated carbocycles. The fourth-order valence-corrected chi connectivity index (χ4v) is 6.31. The van der Waals surface area contributed by atoms with E-state index in [1.807, 2.05) is 46.9 Å². The normalized spacial score (nSPS) is 16.3. The number of ether oxygens (including phenoxy) is 1. The number of rotatable bonds is 7.